The number of hydrogen-bond acceptors (Lipinski definition) is 3. The Morgan fingerprint density at radius 3 is 2.57 bits per heavy atom. The second-order valence-electron chi connectivity index (χ2n) is 6.42. The maximum atomic E-state index is 12.2. The number of hydrogen-bond donors (Lipinski definition) is 2. The fraction of sp³-hybridized carbons (Fsp3) is 0.588. The number of ether oxygens (including phenoxy) is 1. The Morgan fingerprint density at radius 2 is 2.05 bits per heavy atom. The molecule has 0 heterocycles. The number of carbonyl (C=O) groups excluding carboxylic acids is 1. The van der Waals surface area contributed by atoms with E-state index in [0.29, 0.717) is 5.56 Å². The number of unbranched alkanes of at least 4 members (excludes halogenated alkanes) is 1. The number of carbonyl (C=O) groups is 1. The Balaban J connectivity index is 1.88. The Bertz CT molecular complexity index is 482. The minimum atomic E-state index is -0.0416. The molecule has 0 radical (unpaired) electrons. The summed E-state index contributed by atoms with van der Waals surface area (Å²) >= 11 is 0. The summed E-state index contributed by atoms with van der Waals surface area (Å²) in [5, 5.41) is 3.07. The zero-order valence-corrected chi connectivity index (χ0v) is 13.2. The molecule has 21 heavy (non-hydrogen) atoms. The monoisotopic (exact) mass is 290 g/mol. The van der Waals surface area contributed by atoms with Crippen molar-refractivity contribution in [3.63, 3.8) is 0 Å². The van der Waals surface area contributed by atoms with Gasteiger partial charge in [0.25, 0.3) is 5.91 Å². The predicted octanol–water partition coefficient (Wildman–Crippen LogP) is 2.72. The average molecular weight is 290 g/mol. The van der Waals surface area contributed by atoms with Gasteiger partial charge in [0, 0.05) is 23.1 Å². The van der Waals surface area contributed by atoms with Crippen molar-refractivity contribution in [2.24, 2.45) is 11.1 Å². The zero-order valence-electron chi connectivity index (χ0n) is 13.2. The smallest absolute Gasteiger partial charge is 0.251 e. The molecule has 1 aromatic carbocycles. The molecule has 116 valence electrons. The van der Waals surface area contributed by atoms with E-state index in [1.54, 1.807) is 0 Å². The molecule has 0 aliphatic heterocycles. The summed E-state index contributed by atoms with van der Waals surface area (Å²) in [4.78, 5) is 12.2. The van der Waals surface area contributed by atoms with Crippen molar-refractivity contribution >= 4 is 5.91 Å². The molecule has 0 saturated heterocycles. The van der Waals surface area contributed by atoms with Crippen molar-refractivity contribution in [1.29, 1.82) is 0 Å². The van der Waals surface area contributed by atoms with Crippen LogP contribution in [-0.2, 0) is 0 Å². The number of nitrogens with one attached hydrogen (secondary N) is 1. The number of rotatable bonds is 6. The van der Waals surface area contributed by atoms with Crippen molar-refractivity contribution in [3.05, 3.63) is 29.8 Å². The Hall–Kier alpha value is -1.55. The lowest BCUT2D eigenvalue weighted by Crippen LogP contribution is -2.64. The van der Waals surface area contributed by atoms with E-state index in [0.717, 1.165) is 31.6 Å². The van der Waals surface area contributed by atoms with Crippen LogP contribution in [0.5, 0.6) is 5.75 Å². The summed E-state index contributed by atoms with van der Waals surface area (Å²) in [6, 6.07) is 7.63. The van der Waals surface area contributed by atoms with Crippen LogP contribution in [-0.4, -0.2) is 24.6 Å². The van der Waals surface area contributed by atoms with Gasteiger partial charge in [-0.3, -0.25) is 4.79 Å². The third-order valence-electron chi connectivity index (χ3n) is 4.53. The van der Waals surface area contributed by atoms with Crippen molar-refractivity contribution in [2.75, 3.05) is 6.61 Å². The first kappa shape index (κ1) is 15.8. The summed E-state index contributed by atoms with van der Waals surface area (Å²) in [6.07, 6.45) is 3.00. The lowest BCUT2D eigenvalue weighted by molar-refractivity contribution is 0.0586. The normalized spacial score (nSPS) is 23.2. The van der Waals surface area contributed by atoms with Crippen LogP contribution in [0.25, 0.3) is 0 Å². The van der Waals surface area contributed by atoms with Crippen LogP contribution in [0.2, 0.25) is 0 Å². The lowest BCUT2D eigenvalue weighted by Gasteiger charge is -2.50. The second kappa shape index (κ2) is 6.48. The predicted molar refractivity (Wildman–Crippen MR) is 84.5 cm³/mol. The summed E-state index contributed by atoms with van der Waals surface area (Å²) in [6.45, 7) is 7.04. The van der Waals surface area contributed by atoms with Gasteiger partial charge in [0.05, 0.1) is 6.61 Å². The molecule has 0 spiro atoms. The van der Waals surface area contributed by atoms with E-state index < -0.39 is 0 Å². The van der Waals surface area contributed by atoms with E-state index in [2.05, 4.69) is 26.1 Å². The summed E-state index contributed by atoms with van der Waals surface area (Å²) in [5.74, 6) is 0.770. The second-order valence-corrected chi connectivity index (χ2v) is 6.42. The van der Waals surface area contributed by atoms with Gasteiger partial charge in [0.1, 0.15) is 5.75 Å². The maximum absolute atomic E-state index is 12.2. The third kappa shape index (κ3) is 3.56. The Labute approximate surface area is 127 Å². The van der Waals surface area contributed by atoms with E-state index in [1.807, 2.05) is 24.3 Å². The molecule has 1 saturated carbocycles. The van der Waals surface area contributed by atoms with Crippen molar-refractivity contribution in [2.45, 2.75) is 52.1 Å². The molecule has 2 atom stereocenters. The fourth-order valence-corrected chi connectivity index (χ4v) is 2.48. The van der Waals surface area contributed by atoms with Crippen LogP contribution in [0.4, 0.5) is 0 Å². The topological polar surface area (TPSA) is 64.3 Å². The van der Waals surface area contributed by atoms with Crippen molar-refractivity contribution in [3.8, 4) is 5.75 Å². The lowest BCUT2D eigenvalue weighted by atomic mass is 9.63. The van der Waals surface area contributed by atoms with Crippen LogP contribution in [0.3, 0.4) is 0 Å². The molecular formula is C17H26N2O2. The SMILES string of the molecule is CCCCOc1ccc(C(=O)NC2CC(N)C2(C)C)cc1. The molecule has 1 aliphatic carbocycles. The summed E-state index contributed by atoms with van der Waals surface area (Å²) in [5.41, 5.74) is 6.60. The summed E-state index contributed by atoms with van der Waals surface area (Å²) in [7, 11) is 0. The molecule has 2 unspecified atom stereocenters. The van der Waals surface area contributed by atoms with Gasteiger partial charge in [0.15, 0.2) is 0 Å². The molecule has 0 bridgehead atoms. The van der Waals surface area contributed by atoms with Gasteiger partial charge < -0.3 is 15.8 Å². The van der Waals surface area contributed by atoms with Gasteiger partial charge in [-0.1, -0.05) is 27.2 Å². The molecule has 4 heteroatoms. The van der Waals surface area contributed by atoms with Crippen LogP contribution in [0.1, 0.15) is 50.4 Å². The van der Waals surface area contributed by atoms with E-state index in [9.17, 15) is 4.79 Å². The van der Waals surface area contributed by atoms with E-state index in [4.69, 9.17) is 10.5 Å². The highest BCUT2D eigenvalue weighted by Gasteiger charge is 2.46. The zero-order chi connectivity index (χ0) is 15.5. The average Bonchev–Trinajstić information content (AvgIpc) is 2.48. The van der Waals surface area contributed by atoms with Crippen molar-refractivity contribution in [1.82, 2.24) is 5.32 Å². The highest BCUT2D eigenvalue weighted by Crippen LogP contribution is 2.39. The minimum Gasteiger partial charge on any atom is -0.494 e. The first-order chi connectivity index (χ1) is 9.95. The highest BCUT2D eigenvalue weighted by molar-refractivity contribution is 5.94. The van der Waals surface area contributed by atoms with Crippen molar-refractivity contribution < 1.29 is 9.53 Å². The minimum absolute atomic E-state index is 0.0289. The van der Waals surface area contributed by atoms with Crippen LogP contribution in [0, 0.1) is 5.41 Å². The molecule has 3 N–H and O–H groups in total. The molecule has 1 amide bonds. The first-order valence-corrected chi connectivity index (χ1v) is 7.74. The van der Waals surface area contributed by atoms with Crippen LogP contribution in [0.15, 0.2) is 24.3 Å². The highest BCUT2D eigenvalue weighted by atomic mass is 16.5. The molecule has 4 nitrogen and oxygen atoms in total. The standard InChI is InChI=1S/C17H26N2O2/c1-4-5-10-21-13-8-6-12(7-9-13)16(20)19-15-11-14(18)17(15,2)3/h6-9,14-15H,4-5,10-11,18H2,1-3H3,(H,19,20). The Morgan fingerprint density at radius 1 is 1.38 bits per heavy atom. The number of amides is 1. The fourth-order valence-electron chi connectivity index (χ4n) is 2.48. The van der Waals surface area contributed by atoms with E-state index in [1.165, 1.54) is 0 Å². The van der Waals surface area contributed by atoms with Gasteiger partial charge >= 0.3 is 0 Å². The molecule has 2 rings (SSSR count). The van der Waals surface area contributed by atoms with Gasteiger partial charge in [-0.25, -0.2) is 0 Å². The molecule has 1 fully saturated rings. The summed E-state index contributed by atoms with van der Waals surface area (Å²) < 4.78 is 5.59. The quantitative estimate of drug-likeness (QED) is 0.792. The van der Waals surface area contributed by atoms with E-state index >= 15 is 0 Å². The van der Waals surface area contributed by atoms with Gasteiger partial charge in [-0.15, -0.1) is 0 Å². The molecule has 0 aromatic heterocycles. The van der Waals surface area contributed by atoms with E-state index in [-0.39, 0.29) is 23.4 Å². The number of benzene rings is 1. The van der Waals surface area contributed by atoms with Gasteiger partial charge in [-0.2, -0.15) is 0 Å². The number of nitrogens with two attached hydrogens (primary N) is 1. The maximum Gasteiger partial charge on any atom is 0.251 e. The van der Waals surface area contributed by atoms with Gasteiger partial charge in [-0.05, 0) is 37.1 Å². The molecule has 1 aromatic rings. The largest absolute Gasteiger partial charge is 0.494 e. The van der Waals surface area contributed by atoms with Crippen LogP contribution < -0.4 is 15.8 Å². The van der Waals surface area contributed by atoms with Crippen LogP contribution >= 0.6 is 0 Å². The molecular weight excluding hydrogens is 264 g/mol. The molecule has 1 aliphatic rings. The first-order valence-electron chi connectivity index (χ1n) is 7.74. The van der Waals surface area contributed by atoms with Gasteiger partial charge in [0.2, 0.25) is 0 Å². The third-order valence-corrected chi connectivity index (χ3v) is 4.53. The Kier molecular flexibility index (Phi) is 4.88.